The molecule has 0 aromatic rings. The van der Waals surface area contributed by atoms with Crippen molar-refractivity contribution < 1.29 is 4.79 Å². The summed E-state index contributed by atoms with van der Waals surface area (Å²) in [6, 6.07) is 1.05. The number of aliphatic imine (C=N–C) groups is 1. The third kappa shape index (κ3) is 6.44. The van der Waals surface area contributed by atoms with Crippen LogP contribution >= 0.6 is 24.0 Å². The van der Waals surface area contributed by atoms with Gasteiger partial charge in [0.1, 0.15) is 0 Å². The molecule has 0 heterocycles. The van der Waals surface area contributed by atoms with Gasteiger partial charge in [-0.15, -0.1) is 24.0 Å². The molecule has 5 nitrogen and oxygen atoms in total. The second-order valence-corrected chi connectivity index (χ2v) is 5.41. The van der Waals surface area contributed by atoms with E-state index in [1.165, 1.54) is 6.42 Å². The van der Waals surface area contributed by atoms with Gasteiger partial charge in [0.2, 0.25) is 5.91 Å². The van der Waals surface area contributed by atoms with Crippen molar-refractivity contribution in [3.05, 3.63) is 0 Å². The fourth-order valence-electron chi connectivity index (χ4n) is 1.88. The second kappa shape index (κ2) is 7.91. The van der Waals surface area contributed by atoms with Crippen LogP contribution < -0.4 is 16.0 Å². The zero-order chi connectivity index (χ0) is 13.0. The Morgan fingerprint density at radius 1 is 1.32 bits per heavy atom. The number of hydrogen-bond donors (Lipinski definition) is 3. The van der Waals surface area contributed by atoms with E-state index in [0.29, 0.717) is 18.5 Å². The molecule has 0 saturated heterocycles. The number of amides is 1. The Kier molecular flexibility index (Phi) is 6.88. The molecule has 6 heteroatoms. The maximum Gasteiger partial charge on any atom is 0.220 e. The van der Waals surface area contributed by atoms with Crippen LogP contribution in [-0.2, 0) is 4.79 Å². The highest BCUT2D eigenvalue weighted by atomic mass is 127. The molecule has 2 aliphatic carbocycles. The SMILES string of the molecule is CN=C(NCCCC(=O)NC1CC1)NC1CC1C.I. The molecule has 2 fully saturated rings. The topological polar surface area (TPSA) is 65.5 Å². The lowest BCUT2D eigenvalue weighted by Crippen LogP contribution is -2.39. The first-order valence-corrected chi connectivity index (χ1v) is 6.95. The Bertz CT molecular complexity index is 331. The molecule has 2 saturated carbocycles. The molecule has 0 radical (unpaired) electrons. The van der Waals surface area contributed by atoms with Crippen LogP contribution in [0.25, 0.3) is 0 Å². The van der Waals surface area contributed by atoms with Gasteiger partial charge in [-0.3, -0.25) is 9.79 Å². The largest absolute Gasteiger partial charge is 0.356 e. The van der Waals surface area contributed by atoms with Crippen molar-refractivity contribution in [3.63, 3.8) is 0 Å². The molecule has 0 aromatic carbocycles. The van der Waals surface area contributed by atoms with Gasteiger partial charge < -0.3 is 16.0 Å². The average molecular weight is 380 g/mol. The number of halogens is 1. The van der Waals surface area contributed by atoms with Gasteiger partial charge >= 0.3 is 0 Å². The quantitative estimate of drug-likeness (QED) is 0.281. The van der Waals surface area contributed by atoms with E-state index in [-0.39, 0.29) is 29.9 Å². The summed E-state index contributed by atoms with van der Waals surface area (Å²) in [6.07, 6.45) is 4.98. The second-order valence-electron chi connectivity index (χ2n) is 5.41. The van der Waals surface area contributed by atoms with Crippen molar-refractivity contribution in [1.29, 1.82) is 0 Å². The van der Waals surface area contributed by atoms with Crippen LogP contribution in [0.15, 0.2) is 4.99 Å². The minimum Gasteiger partial charge on any atom is -0.356 e. The Labute approximate surface area is 132 Å². The van der Waals surface area contributed by atoms with Crippen molar-refractivity contribution in [2.45, 2.75) is 51.1 Å². The smallest absolute Gasteiger partial charge is 0.220 e. The monoisotopic (exact) mass is 380 g/mol. The van der Waals surface area contributed by atoms with Gasteiger partial charge in [0, 0.05) is 32.1 Å². The van der Waals surface area contributed by atoms with Gasteiger partial charge in [-0.05, 0) is 31.6 Å². The molecule has 3 N–H and O–H groups in total. The Morgan fingerprint density at radius 3 is 2.53 bits per heavy atom. The van der Waals surface area contributed by atoms with Gasteiger partial charge in [-0.25, -0.2) is 0 Å². The Balaban J connectivity index is 0.00000180. The van der Waals surface area contributed by atoms with Crippen molar-refractivity contribution >= 4 is 35.8 Å². The highest BCUT2D eigenvalue weighted by Gasteiger charge is 2.33. The summed E-state index contributed by atoms with van der Waals surface area (Å²) in [7, 11) is 1.78. The van der Waals surface area contributed by atoms with Crippen LogP contribution in [0, 0.1) is 5.92 Å². The predicted octanol–water partition coefficient (Wildman–Crippen LogP) is 1.24. The molecule has 110 valence electrons. The highest BCUT2D eigenvalue weighted by Crippen LogP contribution is 2.28. The maximum atomic E-state index is 11.5. The zero-order valence-electron chi connectivity index (χ0n) is 11.7. The normalized spacial score (nSPS) is 25.3. The number of nitrogens with one attached hydrogen (secondary N) is 3. The van der Waals surface area contributed by atoms with Gasteiger partial charge in [-0.2, -0.15) is 0 Å². The minimum atomic E-state index is 0. The van der Waals surface area contributed by atoms with Crippen molar-refractivity contribution in [1.82, 2.24) is 16.0 Å². The predicted molar refractivity (Wildman–Crippen MR) is 87.9 cm³/mol. The molecular weight excluding hydrogens is 355 g/mol. The summed E-state index contributed by atoms with van der Waals surface area (Å²) >= 11 is 0. The van der Waals surface area contributed by atoms with E-state index in [1.807, 2.05) is 0 Å². The van der Waals surface area contributed by atoms with Crippen LogP contribution in [0.4, 0.5) is 0 Å². The summed E-state index contributed by atoms with van der Waals surface area (Å²) in [6.45, 7) is 3.02. The van der Waals surface area contributed by atoms with Crippen LogP contribution in [-0.4, -0.2) is 37.5 Å². The highest BCUT2D eigenvalue weighted by molar-refractivity contribution is 14.0. The Morgan fingerprint density at radius 2 is 2.00 bits per heavy atom. The maximum absolute atomic E-state index is 11.5. The van der Waals surface area contributed by atoms with Crippen LogP contribution in [0.5, 0.6) is 0 Å². The third-order valence-corrected chi connectivity index (χ3v) is 3.47. The summed E-state index contributed by atoms with van der Waals surface area (Å²) in [5.41, 5.74) is 0. The minimum absolute atomic E-state index is 0. The van der Waals surface area contributed by atoms with Crippen molar-refractivity contribution in [3.8, 4) is 0 Å². The standard InChI is InChI=1S/C13H24N4O.HI/c1-9-8-11(9)17-13(14-2)15-7-3-4-12(18)16-10-5-6-10;/h9-11H,3-8H2,1-2H3,(H,16,18)(H2,14,15,17);1H. The molecule has 2 unspecified atom stereocenters. The third-order valence-electron chi connectivity index (χ3n) is 3.47. The van der Waals surface area contributed by atoms with Crippen molar-refractivity contribution in [2.75, 3.05) is 13.6 Å². The average Bonchev–Trinajstić information content (AvgIpc) is 3.24. The van der Waals surface area contributed by atoms with E-state index in [2.05, 4.69) is 27.9 Å². The van der Waals surface area contributed by atoms with Gasteiger partial charge in [0.15, 0.2) is 5.96 Å². The lowest BCUT2D eigenvalue weighted by atomic mass is 10.3. The van der Waals surface area contributed by atoms with E-state index in [0.717, 1.165) is 37.7 Å². The molecular formula is C13H25IN4O. The zero-order valence-corrected chi connectivity index (χ0v) is 14.1. The molecule has 2 atom stereocenters. The van der Waals surface area contributed by atoms with Crippen LogP contribution in [0.2, 0.25) is 0 Å². The van der Waals surface area contributed by atoms with Crippen LogP contribution in [0.3, 0.4) is 0 Å². The first-order chi connectivity index (χ1) is 8.69. The fraction of sp³-hybridized carbons (Fsp3) is 0.846. The summed E-state index contributed by atoms with van der Waals surface area (Å²) in [4.78, 5) is 15.6. The van der Waals surface area contributed by atoms with E-state index >= 15 is 0 Å². The molecule has 0 aromatic heterocycles. The van der Waals surface area contributed by atoms with Crippen LogP contribution in [0.1, 0.15) is 39.0 Å². The number of carbonyl (C=O) groups excluding carboxylic acids is 1. The number of guanidine groups is 1. The number of carbonyl (C=O) groups is 1. The van der Waals surface area contributed by atoms with E-state index in [9.17, 15) is 4.79 Å². The van der Waals surface area contributed by atoms with Gasteiger partial charge in [0.25, 0.3) is 0 Å². The molecule has 0 bridgehead atoms. The molecule has 0 spiro atoms. The first kappa shape index (κ1) is 16.5. The van der Waals surface area contributed by atoms with Gasteiger partial charge in [0.05, 0.1) is 0 Å². The summed E-state index contributed by atoms with van der Waals surface area (Å²) in [5.74, 6) is 1.79. The lowest BCUT2D eigenvalue weighted by Gasteiger charge is -2.11. The van der Waals surface area contributed by atoms with E-state index in [1.54, 1.807) is 7.05 Å². The van der Waals surface area contributed by atoms with E-state index < -0.39 is 0 Å². The lowest BCUT2D eigenvalue weighted by molar-refractivity contribution is -0.121. The molecule has 2 aliphatic rings. The number of rotatable bonds is 6. The molecule has 1 amide bonds. The Hall–Kier alpha value is -0.530. The molecule has 0 aliphatic heterocycles. The van der Waals surface area contributed by atoms with Gasteiger partial charge in [-0.1, -0.05) is 6.92 Å². The molecule has 19 heavy (non-hydrogen) atoms. The summed E-state index contributed by atoms with van der Waals surface area (Å²) in [5, 5.41) is 9.59. The summed E-state index contributed by atoms with van der Waals surface area (Å²) < 4.78 is 0. The van der Waals surface area contributed by atoms with Crippen molar-refractivity contribution in [2.24, 2.45) is 10.9 Å². The number of hydrogen-bond acceptors (Lipinski definition) is 2. The molecule has 2 rings (SSSR count). The first-order valence-electron chi connectivity index (χ1n) is 6.95. The number of nitrogens with zero attached hydrogens (tertiary/aromatic N) is 1. The fourth-order valence-corrected chi connectivity index (χ4v) is 1.88. The van der Waals surface area contributed by atoms with E-state index in [4.69, 9.17) is 0 Å².